The molecule has 0 saturated carbocycles. The van der Waals surface area contributed by atoms with Gasteiger partial charge in [0.25, 0.3) is 0 Å². The van der Waals surface area contributed by atoms with Gasteiger partial charge in [-0.3, -0.25) is 0 Å². The normalized spacial score (nSPS) is 16.4. The van der Waals surface area contributed by atoms with E-state index in [0.717, 1.165) is 0 Å². The number of allylic oxidation sites excluding steroid dienone is 2. The molecule has 0 fully saturated rings. The molecular formula is C18H28N2O7. The Hall–Kier alpha value is -2.55. The number of carbonyl (C=O) groups excluding carboxylic acids is 3. The fraction of sp³-hybridized carbons (Fsp3) is 0.611. The molecule has 0 aromatic heterocycles. The first-order chi connectivity index (χ1) is 12.5. The number of dihydropyridines is 1. The Balaban J connectivity index is 3.40. The second kappa shape index (κ2) is 8.90. The number of carbonyl (C=O) groups is 3. The van der Waals surface area contributed by atoms with E-state index >= 15 is 0 Å². The molecule has 1 heterocycles. The number of ether oxygens (including phenoxy) is 3. The van der Waals surface area contributed by atoms with Gasteiger partial charge in [0.2, 0.25) is 0 Å². The number of hydrogen-bond donors (Lipinski definition) is 3. The van der Waals surface area contributed by atoms with Crippen LogP contribution in [0.25, 0.3) is 0 Å². The standard InChI is InChI=1S/C18H28N2O7/c1-9-12(15(22)25-6)14(13(10(2)19-9)16(23)26-7)11(8-21)20-17(24)27-18(3,4)5/h11,14,19,21H,8H2,1-7H3,(H,20,24). The summed E-state index contributed by atoms with van der Waals surface area (Å²) in [7, 11) is 2.41. The molecule has 3 N–H and O–H groups in total. The van der Waals surface area contributed by atoms with Gasteiger partial charge in [-0.15, -0.1) is 0 Å². The summed E-state index contributed by atoms with van der Waals surface area (Å²) in [5.41, 5.74) is 0.353. The Morgan fingerprint density at radius 2 is 1.52 bits per heavy atom. The van der Waals surface area contributed by atoms with Crippen molar-refractivity contribution in [1.82, 2.24) is 10.6 Å². The molecule has 1 amide bonds. The summed E-state index contributed by atoms with van der Waals surface area (Å²) >= 11 is 0. The molecular weight excluding hydrogens is 356 g/mol. The maximum atomic E-state index is 12.4. The number of aliphatic hydroxyl groups is 1. The van der Waals surface area contributed by atoms with Gasteiger partial charge in [-0.1, -0.05) is 0 Å². The lowest BCUT2D eigenvalue weighted by Gasteiger charge is -2.34. The predicted molar refractivity (Wildman–Crippen MR) is 96.3 cm³/mol. The van der Waals surface area contributed by atoms with Crippen molar-refractivity contribution in [2.75, 3.05) is 20.8 Å². The minimum Gasteiger partial charge on any atom is -0.466 e. The minimum absolute atomic E-state index is 0.110. The molecule has 1 aliphatic rings. The van der Waals surface area contributed by atoms with Gasteiger partial charge in [-0.05, 0) is 34.6 Å². The van der Waals surface area contributed by atoms with Crippen LogP contribution in [-0.4, -0.2) is 55.6 Å². The van der Waals surface area contributed by atoms with Crippen molar-refractivity contribution in [2.24, 2.45) is 5.92 Å². The molecule has 9 heteroatoms. The van der Waals surface area contributed by atoms with E-state index in [-0.39, 0.29) is 11.1 Å². The smallest absolute Gasteiger partial charge is 0.407 e. The lowest BCUT2D eigenvalue weighted by molar-refractivity contribution is -0.138. The molecule has 0 saturated heterocycles. The summed E-state index contributed by atoms with van der Waals surface area (Å²) in [6, 6.07) is -1.02. The maximum absolute atomic E-state index is 12.4. The number of amides is 1. The highest BCUT2D eigenvalue weighted by Gasteiger charge is 2.42. The summed E-state index contributed by atoms with van der Waals surface area (Å²) < 4.78 is 14.9. The van der Waals surface area contributed by atoms with Crippen LogP contribution in [0.3, 0.4) is 0 Å². The first-order valence-corrected chi connectivity index (χ1v) is 8.42. The monoisotopic (exact) mass is 384 g/mol. The van der Waals surface area contributed by atoms with Gasteiger partial charge in [-0.25, -0.2) is 14.4 Å². The van der Waals surface area contributed by atoms with Crippen molar-refractivity contribution in [3.05, 3.63) is 22.5 Å². The largest absolute Gasteiger partial charge is 0.466 e. The zero-order chi connectivity index (χ0) is 20.9. The molecule has 0 radical (unpaired) electrons. The van der Waals surface area contributed by atoms with Crippen molar-refractivity contribution >= 4 is 18.0 Å². The molecule has 0 bridgehead atoms. The van der Waals surface area contributed by atoms with E-state index < -0.39 is 42.2 Å². The second-order valence-corrected chi connectivity index (χ2v) is 7.10. The van der Waals surface area contributed by atoms with Gasteiger partial charge < -0.3 is 30.0 Å². The molecule has 1 unspecified atom stereocenters. The topological polar surface area (TPSA) is 123 Å². The van der Waals surface area contributed by atoms with Crippen LogP contribution in [0, 0.1) is 5.92 Å². The van der Waals surface area contributed by atoms with Gasteiger partial charge in [-0.2, -0.15) is 0 Å². The quantitative estimate of drug-likeness (QED) is 0.474. The summed E-state index contributed by atoms with van der Waals surface area (Å²) in [6.07, 6.45) is -0.788. The Labute approximate surface area is 158 Å². The van der Waals surface area contributed by atoms with Crippen LogP contribution >= 0.6 is 0 Å². The van der Waals surface area contributed by atoms with E-state index in [2.05, 4.69) is 10.6 Å². The summed E-state index contributed by atoms with van der Waals surface area (Å²) in [5, 5.41) is 15.4. The van der Waals surface area contributed by atoms with Crippen molar-refractivity contribution in [1.29, 1.82) is 0 Å². The van der Waals surface area contributed by atoms with E-state index in [0.29, 0.717) is 11.4 Å². The number of hydrogen-bond acceptors (Lipinski definition) is 8. The first kappa shape index (κ1) is 22.5. The summed E-state index contributed by atoms with van der Waals surface area (Å²) in [6.45, 7) is 7.81. The second-order valence-electron chi connectivity index (χ2n) is 7.10. The van der Waals surface area contributed by atoms with Crippen LogP contribution < -0.4 is 10.6 Å². The van der Waals surface area contributed by atoms with Crippen LogP contribution in [0.4, 0.5) is 4.79 Å². The van der Waals surface area contributed by atoms with Crippen molar-refractivity contribution < 1.29 is 33.7 Å². The fourth-order valence-electron chi connectivity index (χ4n) is 2.90. The Kier molecular flexibility index (Phi) is 7.41. The van der Waals surface area contributed by atoms with E-state index in [1.165, 1.54) is 14.2 Å². The van der Waals surface area contributed by atoms with Crippen LogP contribution in [0.5, 0.6) is 0 Å². The zero-order valence-electron chi connectivity index (χ0n) is 16.8. The Morgan fingerprint density at radius 3 is 1.85 bits per heavy atom. The molecule has 0 aromatic rings. The predicted octanol–water partition coefficient (Wildman–Crippen LogP) is 0.985. The molecule has 0 aromatic carbocycles. The number of methoxy groups -OCH3 is 2. The highest BCUT2D eigenvalue weighted by Crippen LogP contribution is 2.34. The summed E-state index contributed by atoms with van der Waals surface area (Å²) in [5.74, 6) is -2.37. The third-order valence-corrected chi connectivity index (χ3v) is 3.92. The number of aliphatic hydroxyl groups excluding tert-OH is 1. The summed E-state index contributed by atoms with van der Waals surface area (Å²) in [4.78, 5) is 36.9. The van der Waals surface area contributed by atoms with Crippen LogP contribution in [0.15, 0.2) is 22.5 Å². The third kappa shape index (κ3) is 5.46. The SMILES string of the molecule is COC(=O)C1=C(C)NC(C)=C(C(=O)OC)C1C(CO)NC(=O)OC(C)(C)C. The van der Waals surface area contributed by atoms with Crippen molar-refractivity contribution in [2.45, 2.75) is 46.3 Å². The number of rotatable bonds is 5. The maximum Gasteiger partial charge on any atom is 0.407 e. The first-order valence-electron chi connectivity index (χ1n) is 8.42. The van der Waals surface area contributed by atoms with E-state index in [1.807, 2.05) is 0 Å². The van der Waals surface area contributed by atoms with Gasteiger partial charge >= 0.3 is 18.0 Å². The van der Waals surface area contributed by atoms with Gasteiger partial charge in [0.15, 0.2) is 0 Å². The van der Waals surface area contributed by atoms with Crippen molar-refractivity contribution in [3.63, 3.8) is 0 Å². The minimum atomic E-state index is -1.02. The number of alkyl carbamates (subject to hydrolysis) is 1. The van der Waals surface area contributed by atoms with Gasteiger partial charge in [0, 0.05) is 17.3 Å². The molecule has 1 atom stereocenters. The number of nitrogens with one attached hydrogen (secondary N) is 2. The molecule has 0 spiro atoms. The van der Waals surface area contributed by atoms with Gasteiger partial charge in [0.1, 0.15) is 5.60 Å². The molecule has 1 aliphatic heterocycles. The molecule has 1 rings (SSSR count). The molecule has 0 aliphatic carbocycles. The Morgan fingerprint density at radius 1 is 1.07 bits per heavy atom. The third-order valence-electron chi connectivity index (χ3n) is 3.92. The average molecular weight is 384 g/mol. The highest BCUT2D eigenvalue weighted by atomic mass is 16.6. The lowest BCUT2D eigenvalue weighted by Crippen LogP contribution is -2.50. The van der Waals surface area contributed by atoms with E-state index in [9.17, 15) is 19.5 Å². The Bertz CT molecular complexity index is 636. The van der Waals surface area contributed by atoms with Crippen LogP contribution in [-0.2, 0) is 23.8 Å². The van der Waals surface area contributed by atoms with E-state index in [4.69, 9.17) is 14.2 Å². The van der Waals surface area contributed by atoms with Crippen LogP contribution in [0.2, 0.25) is 0 Å². The fourth-order valence-corrected chi connectivity index (χ4v) is 2.90. The highest BCUT2D eigenvalue weighted by molar-refractivity contribution is 5.98. The average Bonchev–Trinajstić information content (AvgIpc) is 2.56. The lowest BCUT2D eigenvalue weighted by atomic mass is 9.80. The van der Waals surface area contributed by atoms with Crippen LogP contribution in [0.1, 0.15) is 34.6 Å². The number of esters is 2. The van der Waals surface area contributed by atoms with Crippen molar-refractivity contribution in [3.8, 4) is 0 Å². The van der Waals surface area contributed by atoms with E-state index in [1.54, 1.807) is 34.6 Å². The molecule has 9 nitrogen and oxygen atoms in total. The van der Waals surface area contributed by atoms with Gasteiger partial charge in [0.05, 0.1) is 38.0 Å². The molecule has 152 valence electrons. The zero-order valence-corrected chi connectivity index (χ0v) is 16.8. The molecule has 27 heavy (non-hydrogen) atoms.